The number of hydrogen-bond acceptors (Lipinski definition) is 5. The maximum atomic E-state index is 10.2. The van der Waals surface area contributed by atoms with Crippen molar-refractivity contribution in [3.05, 3.63) is 40.3 Å². The lowest BCUT2D eigenvalue weighted by atomic mass is 10.2. The molecule has 0 aliphatic heterocycles. The Morgan fingerprint density at radius 1 is 1.53 bits per heavy atom. The first-order valence-electron chi connectivity index (χ1n) is 4.31. The summed E-state index contributed by atoms with van der Waals surface area (Å²) in [4.78, 5) is 13.7. The molecule has 6 nitrogen and oxygen atoms in total. The maximum Gasteiger partial charge on any atom is 0.235 e. The number of hydrogen-bond donors (Lipinski definition) is 1. The molecule has 15 heavy (non-hydrogen) atoms. The molecule has 0 aliphatic rings. The van der Waals surface area contributed by atoms with Crippen LogP contribution in [0.3, 0.4) is 0 Å². The molecule has 0 saturated carbocycles. The predicted octanol–water partition coefficient (Wildman–Crippen LogP) is 1.14. The molecular weight excluding hydrogens is 200 g/mol. The van der Waals surface area contributed by atoms with Crippen molar-refractivity contribution in [3.63, 3.8) is 0 Å². The summed E-state index contributed by atoms with van der Waals surface area (Å²) in [7, 11) is 0. The first-order chi connectivity index (χ1) is 7.16. The van der Waals surface area contributed by atoms with Gasteiger partial charge in [-0.15, -0.1) is 0 Å². The number of fused-ring (bicyclic) bond motifs is 1. The van der Waals surface area contributed by atoms with Gasteiger partial charge in [0, 0.05) is 11.0 Å². The van der Waals surface area contributed by atoms with Gasteiger partial charge in [0.05, 0.1) is 12.0 Å². The number of aliphatic hydroxyl groups is 1. The van der Waals surface area contributed by atoms with Crippen molar-refractivity contribution < 1.29 is 14.4 Å². The summed E-state index contributed by atoms with van der Waals surface area (Å²) in [6.45, 7) is -0.545. The molecule has 2 aromatic rings. The fraction of sp³-hybridized carbons (Fsp3) is 0.222. The summed E-state index contributed by atoms with van der Waals surface area (Å²) < 4.78 is 5.06. The number of aliphatic hydroxyl groups excluding tert-OH is 1. The molecule has 6 heteroatoms. The van der Waals surface area contributed by atoms with Gasteiger partial charge in [0.2, 0.25) is 6.54 Å². The number of nitrogens with zero attached hydrogens (tertiary/aromatic N) is 2. The minimum absolute atomic E-state index is 0.278. The number of pyridine rings is 1. The van der Waals surface area contributed by atoms with Crippen molar-refractivity contribution in [2.45, 2.75) is 6.10 Å². The average molecular weight is 208 g/mol. The van der Waals surface area contributed by atoms with Gasteiger partial charge < -0.3 is 9.52 Å². The number of nitro groups is 1. The SMILES string of the molecule is O=[N+]([O-])CC(O)c1ccc2occc2n1. The molecule has 0 aliphatic carbocycles. The van der Waals surface area contributed by atoms with Crippen molar-refractivity contribution in [1.82, 2.24) is 4.98 Å². The van der Waals surface area contributed by atoms with Gasteiger partial charge >= 0.3 is 0 Å². The fourth-order valence-electron chi connectivity index (χ4n) is 1.29. The summed E-state index contributed by atoms with van der Waals surface area (Å²) >= 11 is 0. The Labute approximate surface area is 84.3 Å². The third-order valence-corrected chi connectivity index (χ3v) is 1.99. The first kappa shape index (κ1) is 9.60. The van der Waals surface area contributed by atoms with Crippen molar-refractivity contribution in [2.75, 3.05) is 6.54 Å². The molecule has 1 N–H and O–H groups in total. The van der Waals surface area contributed by atoms with Crippen LogP contribution < -0.4 is 0 Å². The first-order valence-corrected chi connectivity index (χ1v) is 4.31. The van der Waals surface area contributed by atoms with Gasteiger partial charge in [-0.05, 0) is 12.1 Å². The van der Waals surface area contributed by atoms with Crippen LogP contribution in [-0.2, 0) is 0 Å². The highest BCUT2D eigenvalue weighted by molar-refractivity contribution is 5.72. The molecule has 0 spiro atoms. The van der Waals surface area contributed by atoms with Gasteiger partial charge in [-0.25, -0.2) is 4.98 Å². The molecule has 2 heterocycles. The van der Waals surface area contributed by atoms with Crippen molar-refractivity contribution in [2.24, 2.45) is 0 Å². The van der Waals surface area contributed by atoms with Gasteiger partial charge in [0.15, 0.2) is 11.7 Å². The third kappa shape index (κ3) is 1.94. The molecule has 1 unspecified atom stereocenters. The fourth-order valence-corrected chi connectivity index (χ4v) is 1.29. The van der Waals surface area contributed by atoms with Crippen molar-refractivity contribution in [3.8, 4) is 0 Å². The van der Waals surface area contributed by atoms with E-state index in [4.69, 9.17) is 4.42 Å². The van der Waals surface area contributed by atoms with E-state index in [0.29, 0.717) is 11.1 Å². The molecule has 1 atom stereocenters. The molecule has 2 rings (SSSR count). The number of aromatic nitrogens is 1. The molecule has 2 aromatic heterocycles. The van der Waals surface area contributed by atoms with E-state index in [0.717, 1.165) is 0 Å². The predicted molar refractivity (Wildman–Crippen MR) is 50.8 cm³/mol. The van der Waals surface area contributed by atoms with Crippen LogP contribution >= 0.6 is 0 Å². The minimum atomic E-state index is -1.18. The Morgan fingerprint density at radius 2 is 2.33 bits per heavy atom. The Balaban J connectivity index is 2.30. The monoisotopic (exact) mass is 208 g/mol. The van der Waals surface area contributed by atoms with Gasteiger partial charge in [-0.2, -0.15) is 0 Å². The van der Waals surface area contributed by atoms with Crippen molar-refractivity contribution in [1.29, 1.82) is 0 Å². The van der Waals surface area contributed by atoms with E-state index in [2.05, 4.69) is 4.98 Å². The summed E-state index contributed by atoms with van der Waals surface area (Å²) in [5.74, 6) is 0. The van der Waals surface area contributed by atoms with Crippen LogP contribution in [0.25, 0.3) is 11.1 Å². The topological polar surface area (TPSA) is 89.4 Å². The highest BCUT2D eigenvalue weighted by Crippen LogP contribution is 2.17. The summed E-state index contributed by atoms with van der Waals surface area (Å²) in [5.41, 5.74) is 1.45. The second-order valence-corrected chi connectivity index (χ2v) is 3.07. The van der Waals surface area contributed by atoms with E-state index in [1.807, 2.05) is 0 Å². The molecule has 78 valence electrons. The Kier molecular flexibility index (Phi) is 2.34. The van der Waals surface area contributed by atoms with Crippen molar-refractivity contribution >= 4 is 11.1 Å². The standard InChI is InChI=1S/C9H8N2O4/c12-8(5-11(13)14)6-1-2-9-7(10-6)3-4-15-9/h1-4,8,12H,5H2. The zero-order chi connectivity index (χ0) is 10.8. The largest absolute Gasteiger partial charge is 0.463 e. The quantitative estimate of drug-likeness (QED) is 0.603. The molecule has 0 fully saturated rings. The van der Waals surface area contributed by atoms with E-state index in [9.17, 15) is 15.2 Å². The Bertz CT molecular complexity index is 494. The van der Waals surface area contributed by atoms with E-state index >= 15 is 0 Å². The summed E-state index contributed by atoms with van der Waals surface area (Å²) in [6, 6.07) is 4.78. The van der Waals surface area contributed by atoms with E-state index in [1.165, 1.54) is 12.3 Å². The third-order valence-electron chi connectivity index (χ3n) is 1.99. The molecule has 0 aromatic carbocycles. The van der Waals surface area contributed by atoms with Gasteiger partial charge in [-0.1, -0.05) is 0 Å². The van der Waals surface area contributed by atoms with Crippen LogP contribution in [0, 0.1) is 10.1 Å². The number of rotatable bonds is 3. The normalized spacial score (nSPS) is 12.9. The lowest BCUT2D eigenvalue weighted by Gasteiger charge is -2.04. The van der Waals surface area contributed by atoms with Crippen LogP contribution in [0.15, 0.2) is 28.9 Å². The van der Waals surface area contributed by atoms with Gasteiger partial charge in [-0.3, -0.25) is 10.1 Å². The van der Waals surface area contributed by atoms with E-state index < -0.39 is 17.6 Å². The minimum Gasteiger partial charge on any atom is -0.463 e. The van der Waals surface area contributed by atoms with Crippen LogP contribution in [-0.4, -0.2) is 21.6 Å². The van der Waals surface area contributed by atoms with E-state index in [1.54, 1.807) is 12.1 Å². The highest BCUT2D eigenvalue weighted by atomic mass is 16.6. The summed E-state index contributed by atoms with van der Waals surface area (Å²) in [6.07, 6.45) is 0.292. The smallest absolute Gasteiger partial charge is 0.235 e. The molecule has 0 bridgehead atoms. The van der Waals surface area contributed by atoms with Gasteiger partial charge in [0.25, 0.3) is 0 Å². The zero-order valence-electron chi connectivity index (χ0n) is 7.66. The second kappa shape index (κ2) is 3.66. The molecular formula is C9H8N2O4. The Morgan fingerprint density at radius 3 is 3.07 bits per heavy atom. The second-order valence-electron chi connectivity index (χ2n) is 3.07. The molecule has 0 saturated heterocycles. The average Bonchev–Trinajstić information content (AvgIpc) is 2.62. The zero-order valence-corrected chi connectivity index (χ0v) is 7.66. The lowest BCUT2D eigenvalue weighted by molar-refractivity contribution is -0.491. The lowest BCUT2D eigenvalue weighted by Crippen LogP contribution is -2.12. The van der Waals surface area contributed by atoms with Crippen LogP contribution in [0.1, 0.15) is 11.8 Å². The van der Waals surface area contributed by atoms with Crippen LogP contribution in [0.4, 0.5) is 0 Å². The van der Waals surface area contributed by atoms with Crippen LogP contribution in [0.5, 0.6) is 0 Å². The van der Waals surface area contributed by atoms with Gasteiger partial charge in [0.1, 0.15) is 5.52 Å². The molecule has 0 amide bonds. The highest BCUT2D eigenvalue weighted by Gasteiger charge is 2.16. The van der Waals surface area contributed by atoms with E-state index in [-0.39, 0.29) is 5.69 Å². The molecule has 0 radical (unpaired) electrons. The summed E-state index contributed by atoms with van der Waals surface area (Å²) in [5, 5.41) is 19.6. The van der Waals surface area contributed by atoms with Crippen LogP contribution in [0.2, 0.25) is 0 Å². The Hall–Kier alpha value is -1.95. The number of furan rings is 1. The maximum absolute atomic E-state index is 10.2.